The normalized spacial score (nSPS) is 28.0. The molecule has 0 aromatic carbocycles. The molecule has 0 aromatic rings. The van der Waals surface area contributed by atoms with Crippen molar-refractivity contribution in [3.8, 4) is 0 Å². The molecule has 2 aliphatic rings. The predicted octanol–water partition coefficient (Wildman–Crippen LogP) is 4.26. The van der Waals surface area contributed by atoms with Gasteiger partial charge in [0, 0.05) is 0 Å². The molecule has 1 heterocycles. The molecule has 0 radical (unpaired) electrons. The minimum absolute atomic E-state index is 0.0232. The highest BCUT2D eigenvalue weighted by Gasteiger charge is 2.37. The molecule has 0 saturated carbocycles. The third-order valence-corrected chi connectivity index (χ3v) is 4.45. The summed E-state index contributed by atoms with van der Waals surface area (Å²) in [5.41, 5.74) is 1.10. The number of carbonyl (C=O) groups excluding carboxylic acids is 1. The highest BCUT2D eigenvalue weighted by Crippen LogP contribution is 2.41. The van der Waals surface area contributed by atoms with E-state index in [1.54, 1.807) is 0 Å². The second-order valence-electron chi connectivity index (χ2n) is 8.16. The summed E-state index contributed by atoms with van der Waals surface area (Å²) in [4.78, 5) is 11.7. The van der Waals surface area contributed by atoms with Gasteiger partial charge in [0.2, 0.25) is 0 Å². The van der Waals surface area contributed by atoms with Crippen LogP contribution in [0.4, 0.5) is 0 Å². The summed E-state index contributed by atoms with van der Waals surface area (Å²) >= 11 is 0. The molecule has 0 amide bonds. The van der Waals surface area contributed by atoms with Gasteiger partial charge in [-0.25, -0.2) is 0 Å². The number of fused-ring (bicyclic) bond motifs is 1. The van der Waals surface area contributed by atoms with Gasteiger partial charge >= 0.3 is 5.97 Å². The lowest BCUT2D eigenvalue weighted by Crippen LogP contribution is -2.38. The van der Waals surface area contributed by atoms with Crippen molar-refractivity contribution in [3.63, 3.8) is 0 Å². The van der Waals surface area contributed by atoms with Crippen LogP contribution in [0.15, 0.2) is 11.6 Å². The minimum atomic E-state index is -0.402. The summed E-state index contributed by atoms with van der Waals surface area (Å²) in [6.07, 6.45) is 8.13. The number of hydrogen-bond donors (Lipinski definition) is 0. The maximum absolute atomic E-state index is 11.7. The molecule has 21 heavy (non-hydrogen) atoms. The second-order valence-corrected chi connectivity index (χ2v) is 8.16. The van der Waals surface area contributed by atoms with E-state index in [0.29, 0.717) is 18.6 Å². The molecular weight excluding hydrogens is 264 g/mol. The average Bonchev–Trinajstić information content (AvgIpc) is 2.73. The largest absolute Gasteiger partial charge is 0.465 e. The van der Waals surface area contributed by atoms with E-state index in [9.17, 15) is 4.79 Å². The van der Waals surface area contributed by atoms with Gasteiger partial charge in [-0.05, 0) is 72.6 Å². The zero-order valence-electron chi connectivity index (χ0n) is 14.2. The molecule has 3 heteroatoms. The SMILES string of the molecule is CC1(C)CC[C@@H]2CC(CCCOC(=O)C(C)(C)C)=C[C@@H]2O1. The Balaban J connectivity index is 1.72. The van der Waals surface area contributed by atoms with E-state index in [1.807, 2.05) is 20.8 Å². The van der Waals surface area contributed by atoms with Crippen LogP contribution in [-0.4, -0.2) is 24.3 Å². The number of rotatable bonds is 4. The van der Waals surface area contributed by atoms with Crippen molar-refractivity contribution in [2.75, 3.05) is 6.61 Å². The molecule has 1 fully saturated rings. The van der Waals surface area contributed by atoms with Crippen molar-refractivity contribution in [3.05, 3.63) is 11.6 Å². The Bertz CT molecular complexity index is 415. The molecule has 3 nitrogen and oxygen atoms in total. The standard InChI is InChI=1S/C18H30O3/c1-17(2,3)16(19)20-10-6-7-13-11-14-8-9-18(4,5)21-15(14)12-13/h12,14-15H,6-11H2,1-5H3/t14-,15+/m1/s1. The van der Waals surface area contributed by atoms with Crippen LogP contribution in [0.3, 0.4) is 0 Å². The molecule has 2 rings (SSSR count). The quantitative estimate of drug-likeness (QED) is 0.441. The maximum atomic E-state index is 11.7. The van der Waals surface area contributed by atoms with E-state index in [2.05, 4.69) is 19.9 Å². The summed E-state index contributed by atoms with van der Waals surface area (Å²) in [6.45, 7) is 10.5. The van der Waals surface area contributed by atoms with Gasteiger partial charge in [0.05, 0.1) is 23.7 Å². The molecule has 0 spiro atoms. The lowest BCUT2D eigenvalue weighted by molar-refractivity contribution is -0.153. The van der Waals surface area contributed by atoms with Gasteiger partial charge in [-0.2, -0.15) is 0 Å². The fourth-order valence-electron chi connectivity index (χ4n) is 3.11. The van der Waals surface area contributed by atoms with Gasteiger partial charge in [0.1, 0.15) is 0 Å². The van der Waals surface area contributed by atoms with Gasteiger partial charge in [0.15, 0.2) is 0 Å². The zero-order valence-corrected chi connectivity index (χ0v) is 14.2. The first-order chi connectivity index (χ1) is 9.67. The number of esters is 1. The third kappa shape index (κ3) is 4.57. The van der Waals surface area contributed by atoms with Crippen molar-refractivity contribution < 1.29 is 14.3 Å². The lowest BCUT2D eigenvalue weighted by Gasteiger charge is -2.37. The van der Waals surface area contributed by atoms with Crippen LogP contribution in [0, 0.1) is 11.3 Å². The first kappa shape index (κ1) is 16.5. The highest BCUT2D eigenvalue weighted by atomic mass is 16.5. The number of allylic oxidation sites excluding steroid dienone is 1. The van der Waals surface area contributed by atoms with E-state index in [4.69, 9.17) is 9.47 Å². The number of carbonyl (C=O) groups is 1. The monoisotopic (exact) mass is 294 g/mol. The van der Waals surface area contributed by atoms with Crippen LogP contribution in [-0.2, 0) is 14.3 Å². The van der Waals surface area contributed by atoms with E-state index in [1.165, 1.54) is 12.0 Å². The van der Waals surface area contributed by atoms with Crippen molar-refractivity contribution in [2.45, 2.75) is 78.4 Å². The minimum Gasteiger partial charge on any atom is -0.465 e. The van der Waals surface area contributed by atoms with Crippen LogP contribution in [0.5, 0.6) is 0 Å². The fourth-order valence-corrected chi connectivity index (χ4v) is 3.11. The van der Waals surface area contributed by atoms with E-state index in [-0.39, 0.29) is 11.6 Å². The fraction of sp³-hybridized carbons (Fsp3) is 0.833. The first-order valence-electron chi connectivity index (χ1n) is 8.22. The van der Waals surface area contributed by atoms with Crippen LogP contribution in [0.25, 0.3) is 0 Å². The van der Waals surface area contributed by atoms with Gasteiger partial charge in [0.25, 0.3) is 0 Å². The van der Waals surface area contributed by atoms with E-state index in [0.717, 1.165) is 25.7 Å². The molecule has 0 aromatic heterocycles. The summed E-state index contributed by atoms with van der Waals surface area (Å²) in [5.74, 6) is 0.562. The third-order valence-electron chi connectivity index (χ3n) is 4.45. The highest BCUT2D eigenvalue weighted by molar-refractivity contribution is 5.75. The predicted molar refractivity (Wildman–Crippen MR) is 84.0 cm³/mol. The topological polar surface area (TPSA) is 35.5 Å². The summed E-state index contributed by atoms with van der Waals surface area (Å²) in [7, 11) is 0. The Morgan fingerprint density at radius 1 is 1.43 bits per heavy atom. The van der Waals surface area contributed by atoms with Crippen LogP contribution >= 0.6 is 0 Å². The van der Waals surface area contributed by atoms with Gasteiger partial charge in [-0.15, -0.1) is 0 Å². The van der Waals surface area contributed by atoms with Gasteiger partial charge in [-0.3, -0.25) is 4.79 Å². The molecule has 0 bridgehead atoms. The number of hydrogen-bond acceptors (Lipinski definition) is 3. The van der Waals surface area contributed by atoms with E-state index >= 15 is 0 Å². The molecule has 0 N–H and O–H groups in total. The van der Waals surface area contributed by atoms with Crippen molar-refractivity contribution in [1.82, 2.24) is 0 Å². The molecule has 0 unspecified atom stereocenters. The van der Waals surface area contributed by atoms with Crippen LogP contribution in [0.1, 0.15) is 66.7 Å². The number of ether oxygens (including phenoxy) is 2. The van der Waals surface area contributed by atoms with Crippen LogP contribution in [0.2, 0.25) is 0 Å². The molecule has 2 atom stereocenters. The molecular formula is C18H30O3. The summed E-state index contributed by atoms with van der Waals surface area (Å²) in [6, 6.07) is 0. The van der Waals surface area contributed by atoms with E-state index < -0.39 is 5.41 Å². The average molecular weight is 294 g/mol. The summed E-state index contributed by atoms with van der Waals surface area (Å²) in [5, 5.41) is 0. The Labute approximate surface area is 129 Å². The summed E-state index contributed by atoms with van der Waals surface area (Å²) < 4.78 is 11.5. The molecule has 1 saturated heterocycles. The van der Waals surface area contributed by atoms with Crippen molar-refractivity contribution >= 4 is 5.97 Å². The Hall–Kier alpha value is -0.830. The van der Waals surface area contributed by atoms with Crippen LogP contribution < -0.4 is 0 Å². The van der Waals surface area contributed by atoms with Gasteiger partial charge in [-0.1, -0.05) is 11.6 Å². The maximum Gasteiger partial charge on any atom is 0.311 e. The van der Waals surface area contributed by atoms with Crippen molar-refractivity contribution in [1.29, 1.82) is 0 Å². The lowest BCUT2D eigenvalue weighted by atomic mass is 9.87. The van der Waals surface area contributed by atoms with Crippen molar-refractivity contribution in [2.24, 2.45) is 11.3 Å². The smallest absolute Gasteiger partial charge is 0.311 e. The van der Waals surface area contributed by atoms with Gasteiger partial charge < -0.3 is 9.47 Å². The second kappa shape index (κ2) is 6.12. The Morgan fingerprint density at radius 2 is 2.14 bits per heavy atom. The zero-order chi connectivity index (χ0) is 15.7. The molecule has 1 aliphatic heterocycles. The molecule has 1 aliphatic carbocycles. The first-order valence-corrected chi connectivity index (χ1v) is 8.22. The Kier molecular flexibility index (Phi) is 4.82. The Morgan fingerprint density at radius 3 is 2.81 bits per heavy atom. The molecule has 120 valence electrons.